The number of piperazine rings is 1. The fourth-order valence-corrected chi connectivity index (χ4v) is 3.37. The maximum absolute atomic E-state index is 12.3. The molecular weight excluding hydrogens is 343 g/mol. The van der Waals surface area contributed by atoms with E-state index in [-0.39, 0.29) is 5.91 Å². The quantitative estimate of drug-likeness (QED) is 0.868. The molecule has 0 aliphatic carbocycles. The fraction of sp³-hybridized carbons (Fsp3) is 0.571. The van der Waals surface area contributed by atoms with Crippen LogP contribution in [0.25, 0.3) is 0 Å². The lowest BCUT2D eigenvalue weighted by atomic mass is 10.2. The van der Waals surface area contributed by atoms with Crippen molar-refractivity contribution < 1.29 is 4.79 Å². The third-order valence-electron chi connectivity index (χ3n) is 3.63. The molecule has 0 unspecified atom stereocenters. The minimum Gasteiger partial charge on any atom is -0.352 e. The minimum absolute atomic E-state index is 0.0314. The molecule has 0 spiro atoms. The molecule has 22 heavy (non-hydrogen) atoms. The van der Waals surface area contributed by atoms with E-state index in [9.17, 15) is 4.79 Å². The van der Waals surface area contributed by atoms with Crippen molar-refractivity contribution in [2.45, 2.75) is 12.5 Å². The molecule has 1 saturated heterocycles. The topological polar surface area (TPSA) is 62.5 Å². The maximum Gasteiger partial charge on any atom is 0.239 e. The molecule has 122 valence electrons. The van der Waals surface area contributed by atoms with Gasteiger partial charge >= 0.3 is 0 Å². The van der Waals surface area contributed by atoms with Crippen LogP contribution in [0, 0.1) is 0 Å². The van der Waals surface area contributed by atoms with Gasteiger partial charge in [0.05, 0.1) is 16.1 Å². The number of hydrogen-bond acceptors (Lipinski definition) is 5. The molecule has 1 atom stereocenters. The maximum atomic E-state index is 12.3. The Morgan fingerprint density at radius 2 is 2.09 bits per heavy atom. The lowest BCUT2D eigenvalue weighted by Gasteiger charge is -2.36. The molecule has 0 saturated carbocycles. The van der Waals surface area contributed by atoms with Gasteiger partial charge < -0.3 is 15.5 Å². The number of pyridine rings is 1. The zero-order chi connectivity index (χ0) is 16.1. The van der Waals surface area contributed by atoms with E-state index in [1.54, 1.807) is 24.0 Å². The van der Waals surface area contributed by atoms with Crippen LogP contribution in [-0.2, 0) is 4.79 Å². The summed E-state index contributed by atoms with van der Waals surface area (Å²) in [6, 6.07) is 1.28. The Morgan fingerprint density at radius 3 is 2.68 bits per heavy atom. The van der Waals surface area contributed by atoms with Crippen molar-refractivity contribution in [3.63, 3.8) is 0 Å². The van der Waals surface area contributed by atoms with Crippen molar-refractivity contribution in [3.8, 4) is 0 Å². The number of carbonyl (C=O) groups is 1. The lowest BCUT2D eigenvalue weighted by molar-refractivity contribution is -0.132. The normalized spacial score (nSPS) is 16.7. The first-order valence-electron chi connectivity index (χ1n) is 7.12. The molecule has 0 aromatic carbocycles. The van der Waals surface area contributed by atoms with Crippen LogP contribution in [0.15, 0.2) is 12.3 Å². The first-order valence-corrected chi connectivity index (χ1v) is 9.27. The van der Waals surface area contributed by atoms with Crippen LogP contribution in [-0.4, -0.2) is 60.0 Å². The second kappa shape index (κ2) is 8.24. The summed E-state index contributed by atoms with van der Waals surface area (Å²) in [6.45, 7) is 2.64. The zero-order valence-corrected chi connectivity index (χ0v) is 14.8. The molecule has 1 fully saturated rings. The first-order chi connectivity index (χ1) is 10.5. The third kappa shape index (κ3) is 4.41. The summed E-state index contributed by atoms with van der Waals surface area (Å²) in [6.07, 6.45) is 4.31. The highest BCUT2D eigenvalue weighted by atomic mass is 35.5. The van der Waals surface area contributed by atoms with Crippen molar-refractivity contribution in [1.29, 1.82) is 0 Å². The van der Waals surface area contributed by atoms with Crippen LogP contribution in [0.1, 0.15) is 6.42 Å². The van der Waals surface area contributed by atoms with Crippen LogP contribution in [0.4, 0.5) is 5.82 Å². The van der Waals surface area contributed by atoms with E-state index in [2.05, 4.69) is 9.88 Å². The molecule has 1 aromatic rings. The zero-order valence-electron chi connectivity index (χ0n) is 12.5. The van der Waals surface area contributed by atoms with E-state index in [0.29, 0.717) is 48.5 Å². The standard InChI is InChI=1S/C14H20Cl2N4OS/c1-22-7-2-12(17)14(21)20-5-3-19(4-6-20)13-11(16)8-10(15)9-18-13/h8-9,12H,2-7,17H2,1H3/t12-/m1/s1. The Morgan fingerprint density at radius 1 is 1.41 bits per heavy atom. The smallest absolute Gasteiger partial charge is 0.239 e. The van der Waals surface area contributed by atoms with Crippen molar-refractivity contribution in [2.75, 3.05) is 43.1 Å². The molecule has 5 nitrogen and oxygen atoms in total. The van der Waals surface area contributed by atoms with E-state index in [1.807, 2.05) is 11.2 Å². The summed E-state index contributed by atoms with van der Waals surface area (Å²) in [5.41, 5.74) is 5.95. The highest BCUT2D eigenvalue weighted by molar-refractivity contribution is 7.98. The summed E-state index contributed by atoms with van der Waals surface area (Å²) in [5.74, 6) is 1.64. The van der Waals surface area contributed by atoms with Gasteiger partial charge in [-0.05, 0) is 24.5 Å². The molecule has 1 aromatic heterocycles. The summed E-state index contributed by atoms with van der Waals surface area (Å²) in [7, 11) is 0. The molecule has 2 N–H and O–H groups in total. The van der Waals surface area contributed by atoms with Crippen molar-refractivity contribution in [3.05, 3.63) is 22.3 Å². The Hall–Kier alpha value is -0.690. The largest absolute Gasteiger partial charge is 0.352 e. The Bertz CT molecular complexity index is 524. The number of nitrogens with zero attached hydrogens (tertiary/aromatic N) is 3. The van der Waals surface area contributed by atoms with Crippen molar-refractivity contribution in [2.24, 2.45) is 5.73 Å². The number of halogens is 2. The van der Waals surface area contributed by atoms with Gasteiger partial charge in [-0.15, -0.1) is 0 Å². The summed E-state index contributed by atoms with van der Waals surface area (Å²) >= 11 is 13.7. The number of nitrogens with two attached hydrogens (primary N) is 1. The fourth-order valence-electron chi connectivity index (χ4n) is 2.38. The number of hydrogen-bond donors (Lipinski definition) is 1. The SMILES string of the molecule is CSCC[C@@H](N)C(=O)N1CCN(c2ncc(Cl)cc2Cl)CC1. The number of rotatable bonds is 5. The molecule has 8 heteroatoms. The van der Waals surface area contributed by atoms with E-state index in [1.165, 1.54) is 0 Å². The average molecular weight is 363 g/mol. The van der Waals surface area contributed by atoms with Gasteiger partial charge in [0, 0.05) is 32.4 Å². The molecule has 1 aliphatic rings. The number of amides is 1. The average Bonchev–Trinajstić information content (AvgIpc) is 2.52. The summed E-state index contributed by atoms with van der Waals surface area (Å²) in [4.78, 5) is 20.4. The van der Waals surface area contributed by atoms with E-state index >= 15 is 0 Å². The van der Waals surface area contributed by atoms with Gasteiger partial charge in [-0.2, -0.15) is 11.8 Å². The Balaban J connectivity index is 1.91. The molecular formula is C14H20Cl2N4OS. The number of aromatic nitrogens is 1. The van der Waals surface area contributed by atoms with Gasteiger partial charge in [0.1, 0.15) is 5.82 Å². The van der Waals surface area contributed by atoms with Gasteiger partial charge in [-0.25, -0.2) is 4.98 Å². The highest BCUT2D eigenvalue weighted by Crippen LogP contribution is 2.26. The van der Waals surface area contributed by atoms with Crippen LogP contribution >= 0.6 is 35.0 Å². The van der Waals surface area contributed by atoms with E-state index in [0.717, 1.165) is 5.75 Å². The molecule has 0 bridgehead atoms. The van der Waals surface area contributed by atoms with Crippen LogP contribution in [0.5, 0.6) is 0 Å². The summed E-state index contributed by atoms with van der Waals surface area (Å²) in [5, 5.41) is 1.05. The van der Waals surface area contributed by atoms with Crippen LogP contribution in [0.2, 0.25) is 10.0 Å². The van der Waals surface area contributed by atoms with Gasteiger partial charge in [0.15, 0.2) is 0 Å². The van der Waals surface area contributed by atoms with Gasteiger partial charge in [0.25, 0.3) is 0 Å². The predicted octanol–water partition coefficient (Wildman–Crippen LogP) is 2.12. The van der Waals surface area contributed by atoms with Crippen molar-refractivity contribution >= 4 is 46.7 Å². The first kappa shape index (κ1) is 17.7. The van der Waals surface area contributed by atoms with E-state index < -0.39 is 6.04 Å². The number of anilines is 1. The van der Waals surface area contributed by atoms with Gasteiger partial charge in [-0.3, -0.25) is 4.79 Å². The minimum atomic E-state index is -0.406. The predicted molar refractivity (Wildman–Crippen MR) is 94.0 cm³/mol. The van der Waals surface area contributed by atoms with Crippen LogP contribution < -0.4 is 10.6 Å². The Labute approximate surface area is 145 Å². The lowest BCUT2D eigenvalue weighted by Crippen LogP contribution is -2.53. The molecule has 2 rings (SSSR count). The molecule has 1 amide bonds. The molecule has 2 heterocycles. The van der Waals surface area contributed by atoms with Gasteiger partial charge in [-0.1, -0.05) is 23.2 Å². The number of thioether (sulfide) groups is 1. The highest BCUT2D eigenvalue weighted by Gasteiger charge is 2.26. The third-order valence-corrected chi connectivity index (χ3v) is 4.76. The van der Waals surface area contributed by atoms with Crippen molar-refractivity contribution in [1.82, 2.24) is 9.88 Å². The van der Waals surface area contributed by atoms with E-state index in [4.69, 9.17) is 28.9 Å². The summed E-state index contributed by atoms with van der Waals surface area (Å²) < 4.78 is 0. The number of carbonyl (C=O) groups excluding carboxylic acids is 1. The van der Waals surface area contributed by atoms with Gasteiger partial charge in [0.2, 0.25) is 5.91 Å². The molecule has 0 radical (unpaired) electrons. The van der Waals surface area contributed by atoms with Crippen LogP contribution in [0.3, 0.4) is 0 Å². The second-order valence-electron chi connectivity index (χ2n) is 5.16. The molecule has 1 aliphatic heterocycles. The second-order valence-corrected chi connectivity index (χ2v) is 6.99. The Kier molecular flexibility index (Phi) is 6.62. The monoisotopic (exact) mass is 362 g/mol.